The van der Waals surface area contributed by atoms with Crippen molar-refractivity contribution in [2.45, 2.75) is 6.18 Å². The van der Waals surface area contributed by atoms with E-state index in [2.05, 4.69) is 4.98 Å². The van der Waals surface area contributed by atoms with Crippen molar-refractivity contribution in [3.8, 4) is 17.6 Å². The summed E-state index contributed by atoms with van der Waals surface area (Å²) in [5, 5.41) is 20.7. The second kappa shape index (κ2) is 8.47. The molecule has 164 valence electrons. The summed E-state index contributed by atoms with van der Waals surface area (Å²) in [7, 11) is 0. The molecule has 0 radical (unpaired) electrons. The molecule has 4 rings (SSSR count). The molecule has 0 fully saturated rings. The van der Waals surface area contributed by atoms with Crippen LogP contribution < -0.4 is 4.74 Å². The maximum absolute atomic E-state index is 12.8. The van der Waals surface area contributed by atoms with Crippen LogP contribution in [-0.4, -0.2) is 9.91 Å². The monoisotopic (exact) mass is 451 g/mol. The van der Waals surface area contributed by atoms with Gasteiger partial charge in [0.15, 0.2) is 5.58 Å². The van der Waals surface area contributed by atoms with Crippen LogP contribution in [0.5, 0.6) is 11.5 Å². The highest BCUT2D eigenvalue weighted by Crippen LogP contribution is 2.38. The van der Waals surface area contributed by atoms with Gasteiger partial charge < -0.3 is 9.15 Å². The van der Waals surface area contributed by atoms with Crippen LogP contribution in [-0.2, 0) is 6.18 Å². The minimum Gasteiger partial charge on any atom is -0.450 e. The predicted octanol–water partition coefficient (Wildman–Crippen LogP) is 6.61. The molecule has 1 heterocycles. The average Bonchev–Trinajstić information content (AvgIpc) is 3.22. The minimum atomic E-state index is -4.72. The molecule has 0 amide bonds. The van der Waals surface area contributed by atoms with E-state index in [-0.39, 0.29) is 23.0 Å². The smallest absolute Gasteiger partial charge is 0.416 e. The van der Waals surface area contributed by atoms with Gasteiger partial charge in [-0.2, -0.15) is 18.4 Å². The normalized spacial score (nSPS) is 11.9. The lowest BCUT2D eigenvalue weighted by atomic mass is 10.1. The van der Waals surface area contributed by atoms with E-state index in [1.807, 2.05) is 6.07 Å². The van der Waals surface area contributed by atoms with Crippen LogP contribution in [0.25, 0.3) is 22.7 Å². The molecule has 4 aromatic rings. The summed E-state index contributed by atoms with van der Waals surface area (Å²) in [4.78, 5) is 14.5. The van der Waals surface area contributed by atoms with Crippen molar-refractivity contribution in [3.05, 3.63) is 93.9 Å². The third-order valence-electron chi connectivity index (χ3n) is 4.55. The first-order chi connectivity index (χ1) is 15.7. The zero-order valence-electron chi connectivity index (χ0n) is 16.5. The highest BCUT2D eigenvalue weighted by atomic mass is 19.4. The first kappa shape index (κ1) is 21.6. The maximum atomic E-state index is 12.8. The molecule has 0 aliphatic rings. The summed E-state index contributed by atoms with van der Waals surface area (Å²) in [5.74, 6) is -0.0183. The Balaban J connectivity index is 1.58. The number of ether oxygens (including phenoxy) is 1. The SMILES string of the molecule is N#C/C(=C\c1ccc(Oc2ccc(C(F)(F)F)cc2[N+](=O)[O-])cc1)c1nc2ccccc2o1. The van der Waals surface area contributed by atoms with Crippen molar-refractivity contribution in [1.82, 2.24) is 4.98 Å². The van der Waals surface area contributed by atoms with Crippen molar-refractivity contribution in [1.29, 1.82) is 5.26 Å². The molecule has 0 bridgehead atoms. The molecule has 33 heavy (non-hydrogen) atoms. The van der Waals surface area contributed by atoms with Gasteiger partial charge in [-0.25, -0.2) is 4.98 Å². The van der Waals surface area contributed by atoms with Crippen LogP contribution in [0.1, 0.15) is 17.0 Å². The number of nitro groups is 1. The minimum absolute atomic E-state index is 0.152. The molecule has 0 aliphatic carbocycles. The van der Waals surface area contributed by atoms with E-state index >= 15 is 0 Å². The number of nitriles is 1. The number of para-hydroxylation sites is 2. The number of allylic oxidation sites excluding steroid dienone is 1. The van der Waals surface area contributed by atoms with E-state index in [9.17, 15) is 28.5 Å². The summed E-state index contributed by atoms with van der Waals surface area (Å²) in [6, 6.07) is 17.2. The molecule has 0 saturated carbocycles. The number of alkyl halides is 3. The number of benzene rings is 3. The fourth-order valence-corrected chi connectivity index (χ4v) is 2.98. The van der Waals surface area contributed by atoms with Crippen molar-refractivity contribution < 1.29 is 27.2 Å². The molecule has 0 aliphatic heterocycles. The van der Waals surface area contributed by atoms with Crippen LogP contribution in [0, 0.1) is 21.4 Å². The number of nitro benzene ring substituents is 1. The molecule has 7 nitrogen and oxygen atoms in total. The Kier molecular flexibility index (Phi) is 5.54. The fourth-order valence-electron chi connectivity index (χ4n) is 2.98. The number of oxazole rings is 1. The van der Waals surface area contributed by atoms with Gasteiger partial charge in [-0.1, -0.05) is 24.3 Å². The summed E-state index contributed by atoms with van der Waals surface area (Å²) in [6.07, 6.45) is -3.18. The standard InChI is InChI=1S/C23H12F3N3O4/c24-23(25,26)16-7-10-21(19(12-16)29(30)31)32-17-8-5-14(6-9-17)11-15(13-27)22-28-18-3-1-2-4-20(18)33-22/h1-12H/b15-11+. The van der Waals surface area contributed by atoms with Crippen LogP contribution in [0.4, 0.5) is 18.9 Å². The number of halogens is 3. The van der Waals surface area contributed by atoms with Gasteiger partial charge in [0.1, 0.15) is 22.9 Å². The molecule has 0 saturated heterocycles. The third-order valence-corrected chi connectivity index (χ3v) is 4.55. The highest BCUT2D eigenvalue weighted by molar-refractivity contribution is 5.88. The first-order valence-corrected chi connectivity index (χ1v) is 9.36. The van der Waals surface area contributed by atoms with Crippen molar-refractivity contribution in [2.24, 2.45) is 0 Å². The number of hydrogen-bond donors (Lipinski definition) is 0. The van der Waals surface area contributed by atoms with Gasteiger partial charge in [-0.15, -0.1) is 0 Å². The van der Waals surface area contributed by atoms with Crippen LogP contribution in [0.3, 0.4) is 0 Å². The Bertz CT molecular complexity index is 1380. The quantitative estimate of drug-likeness (QED) is 0.192. The van der Waals surface area contributed by atoms with Gasteiger partial charge in [0.05, 0.1) is 10.5 Å². The molecule has 3 aromatic carbocycles. The lowest BCUT2D eigenvalue weighted by Crippen LogP contribution is -2.06. The van der Waals surface area contributed by atoms with Crippen molar-refractivity contribution in [3.63, 3.8) is 0 Å². The van der Waals surface area contributed by atoms with Gasteiger partial charge in [-0.05, 0) is 48.0 Å². The second-order valence-corrected chi connectivity index (χ2v) is 6.77. The highest BCUT2D eigenvalue weighted by Gasteiger charge is 2.33. The summed E-state index contributed by atoms with van der Waals surface area (Å²) >= 11 is 0. The Morgan fingerprint density at radius 2 is 1.85 bits per heavy atom. The second-order valence-electron chi connectivity index (χ2n) is 6.77. The zero-order chi connectivity index (χ0) is 23.6. The lowest BCUT2D eigenvalue weighted by Gasteiger charge is -2.10. The molecule has 1 aromatic heterocycles. The topological polar surface area (TPSA) is 102 Å². The fraction of sp³-hybridized carbons (Fsp3) is 0.0435. The Labute approximate surface area is 184 Å². The van der Waals surface area contributed by atoms with Gasteiger partial charge in [0.2, 0.25) is 11.6 Å². The van der Waals surface area contributed by atoms with Gasteiger partial charge in [0, 0.05) is 6.07 Å². The number of fused-ring (bicyclic) bond motifs is 1. The van der Waals surface area contributed by atoms with Crippen molar-refractivity contribution >= 4 is 28.4 Å². The third kappa shape index (κ3) is 4.67. The Morgan fingerprint density at radius 3 is 2.48 bits per heavy atom. The molecule has 0 unspecified atom stereocenters. The van der Waals surface area contributed by atoms with E-state index in [0.717, 1.165) is 6.07 Å². The van der Waals surface area contributed by atoms with Gasteiger partial charge in [0.25, 0.3) is 0 Å². The summed E-state index contributed by atoms with van der Waals surface area (Å²) in [5.41, 5.74) is -0.0471. The van der Waals surface area contributed by atoms with Crippen LogP contribution in [0.2, 0.25) is 0 Å². The first-order valence-electron chi connectivity index (χ1n) is 9.36. The van der Waals surface area contributed by atoms with Gasteiger partial charge in [-0.3, -0.25) is 10.1 Å². The van der Waals surface area contributed by atoms with E-state index in [0.29, 0.717) is 28.8 Å². The van der Waals surface area contributed by atoms with Crippen LogP contribution >= 0.6 is 0 Å². The Morgan fingerprint density at radius 1 is 1.12 bits per heavy atom. The largest absolute Gasteiger partial charge is 0.450 e. The summed E-state index contributed by atoms with van der Waals surface area (Å²) in [6.45, 7) is 0. The number of rotatable bonds is 5. The van der Waals surface area contributed by atoms with E-state index in [4.69, 9.17) is 9.15 Å². The van der Waals surface area contributed by atoms with Gasteiger partial charge >= 0.3 is 11.9 Å². The van der Waals surface area contributed by atoms with E-state index < -0.39 is 22.4 Å². The average molecular weight is 451 g/mol. The van der Waals surface area contributed by atoms with E-state index in [1.54, 1.807) is 36.4 Å². The molecule has 0 atom stereocenters. The molecule has 0 spiro atoms. The molecular formula is C23H12F3N3O4. The lowest BCUT2D eigenvalue weighted by molar-refractivity contribution is -0.385. The molecular weight excluding hydrogens is 439 g/mol. The molecule has 10 heteroatoms. The summed E-state index contributed by atoms with van der Waals surface area (Å²) < 4.78 is 49.6. The van der Waals surface area contributed by atoms with Crippen LogP contribution in [0.15, 0.2) is 71.1 Å². The number of hydrogen-bond acceptors (Lipinski definition) is 6. The van der Waals surface area contributed by atoms with E-state index in [1.165, 1.54) is 18.2 Å². The Hall–Kier alpha value is -4.65. The van der Waals surface area contributed by atoms with Crippen molar-refractivity contribution in [2.75, 3.05) is 0 Å². The zero-order valence-corrected chi connectivity index (χ0v) is 16.5. The number of nitrogens with zero attached hydrogens (tertiary/aromatic N) is 3. The maximum Gasteiger partial charge on any atom is 0.416 e. The number of aromatic nitrogens is 1. The molecule has 0 N–H and O–H groups in total. The predicted molar refractivity (Wildman–Crippen MR) is 112 cm³/mol.